The Kier molecular flexibility index (Phi) is 7.74. The molecule has 0 saturated carbocycles. The van der Waals surface area contributed by atoms with Crippen molar-refractivity contribution in [1.29, 1.82) is 0 Å². The largest absolute Gasteiger partial charge is 0.354 e. The van der Waals surface area contributed by atoms with E-state index in [0.29, 0.717) is 16.4 Å². The molecule has 170 valence electrons. The van der Waals surface area contributed by atoms with Gasteiger partial charge in [-0.25, -0.2) is 4.98 Å². The van der Waals surface area contributed by atoms with Gasteiger partial charge in [0, 0.05) is 41.8 Å². The Morgan fingerprint density at radius 1 is 1.21 bits per heavy atom. The molecule has 0 radical (unpaired) electrons. The van der Waals surface area contributed by atoms with Crippen LogP contribution in [0, 0.1) is 13.8 Å². The maximum absolute atomic E-state index is 12.3. The molecule has 0 aliphatic carbocycles. The Bertz CT molecular complexity index is 1230. The maximum Gasteiger partial charge on any atom is 0.253 e. The normalized spacial score (nSPS) is 11.9. The van der Waals surface area contributed by atoms with E-state index in [1.54, 1.807) is 24.5 Å². The van der Waals surface area contributed by atoms with E-state index < -0.39 is 0 Å². The van der Waals surface area contributed by atoms with Crippen LogP contribution in [0.3, 0.4) is 0 Å². The van der Waals surface area contributed by atoms with Crippen LogP contribution in [0.2, 0.25) is 0 Å². The number of amides is 2. The lowest BCUT2D eigenvalue weighted by Gasteiger charge is -2.06. The number of carbonyl (C=O) groups is 2. The van der Waals surface area contributed by atoms with E-state index in [1.165, 1.54) is 11.3 Å². The van der Waals surface area contributed by atoms with Gasteiger partial charge in [-0.2, -0.15) is 0 Å². The maximum atomic E-state index is 12.3. The SMILES string of the molecule is C=C/C(=C\C(=C/C)c1ccnc(C)c1)c1csc(NC(=O)CNC(=O)c2cc(C)n(C)c2)n1. The number of thiazole rings is 1. The first-order valence-electron chi connectivity index (χ1n) is 10.4. The molecule has 0 atom stereocenters. The van der Waals surface area contributed by atoms with Gasteiger partial charge in [0.1, 0.15) is 0 Å². The number of hydrogen-bond acceptors (Lipinski definition) is 5. The second-order valence-electron chi connectivity index (χ2n) is 7.48. The molecule has 2 amide bonds. The predicted octanol–water partition coefficient (Wildman–Crippen LogP) is 4.53. The number of hydrogen-bond donors (Lipinski definition) is 2. The lowest BCUT2D eigenvalue weighted by atomic mass is 10.0. The van der Waals surface area contributed by atoms with Crippen molar-refractivity contribution in [1.82, 2.24) is 19.9 Å². The molecule has 3 heterocycles. The number of rotatable bonds is 8. The van der Waals surface area contributed by atoms with E-state index in [9.17, 15) is 9.59 Å². The molecular weight excluding hydrogens is 434 g/mol. The van der Waals surface area contributed by atoms with E-state index in [1.807, 2.05) is 62.1 Å². The topological polar surface area (TPSA) is 88.9 Å². The Labute approximate surface area is 197 Å². The molecule has 0 fully saturated rings. The van der Waals surface area contributed by atoms with Gasteiger partial charge in [0.2, 0.25) is 5.91 Å². The number of nitrogens with zero attached hydrogens (tertiary/aromatic N) is 3. The summed E-state index contributed by atoms with van der Waals surface area (Å²) >= 11 is 1.31. The molecule has 8 heteroatoms. The minimum Gasteiger partial charge on any atom is -0.354 e. The van der Waals surface area contributed by atoms with Crippen molar-refractivity contribution in [3.05, 3.63) is 89.0 Å². The van der Waals surface area contributed by atoms with Crippen molar-refractivity contribution < 1.29 is 9.59 Å². The van der Waals surface area contributed by atoms with Crippen molar-refractivity contribution in [2.75, 3.05) is 11.9 Å². The summed E-state index contributed by atoms with van der Waals surface area (Å²) in [6.45, 7) is 9.60. The molecule has 7 nitrogen and oxygen atoms in total. The summed E-state index contributed by atoms with van der Waals surface area (Å²) in [4.78, 5) is 33.3. The van der Waals surface area contributed by atoms with E-state index in [-0.39, 0.29) is 18.4 Å². The fraction of sp³-hybridized carbons (Fsp3) is 0.200. The molecule has 0 aliphatic heterocycles. The van der Waals surface area contributed by atoms with Crippen LogP contribution in [0.15, 0.2) is 60.8 Å². The summed E-state index contributed by atoms with van der Waals surface area (Å²) in [7, 11) is 1.86. The number of pyridine rings is 1. The second kappa shape index (κ2) is 10.7. The predicted molar refractivity (Wildman–Crippen MR) is 134 cm³/mol. The fourth-order valence-electron chi connectivity index (χ4n) is 3.15. The van der Waals surface area contributed by atoms with Gasteiger partial charge >= 0.3 is 0 Å². The van der Waals surface area contributed by atoms with Crippen molar-refractivity contribution in [3.63, 3.8) is 0 Å². The van der Waals surface area contributed by atoms with Crippen LogP contribution < -0.4 is 10.6 Å². The van der Waals surface area contributed by atoms with Gasteiger partial charge in [-0.3, -0.25) is 14.6 Å². The molecule has 0 unspecified atom stereocenters. The second-order valence-corrected chi connectivity index (χ2v) is 8.34. The third-order valence-electron chi connectivity index (χ3n) is 5.04. The minimum absolute atomic E-state index is 0.143. The van der Waals surface area contributed by atoms with Gasteiger partial charge < -0.3 is 15.2 Å². The summed E-state index contributed by atoms with van der Waals surface area (Å²) < 4.78 is 1.85. The van der Waals surface area contributed by atoms with Crippen LogP contribution in [0.5, 0.6) is 0 Å². The lowest BCUT2D eigenvalue weighted by molar-refractivity contribution is -0.115. The Morgan fingerprint density at radius 3 is 2.64 bits per heavy atom. The molecule has 0 aliphatic rings. The molecule has 3 rings (SSSR count). The zero-order valence-corrected chi connectivity index (χ0v) is 20.0. The lowest BCUT2D eigenvalue weighted by Crippen LogP contribution is -2.32. The van der Waals surface area contributed by atoms with Gasteiger partial charge in [0.15, 0.2) is 5.13 Å². The summed E-state index contributed by atoms with van der Waals surface area (Å²) in [5, 5.41) is 7.68. The third-order valence-corrected chi connectivity index (χ3v) is 5.80. The van der Waals surface area contributed by atoms with Crippen molar-refractivity contribution in [2.24, 2.45) is 7.05 Å². The summed E-state index contributed by atoms with van der Waals surface area (Å²) in [6.07, 6.45) is 9.27. The Morgan fingerprint density at radius 2 is 2.00 bits per heavy atom. The van der Waals surface area contributed by atoms with Crippen molar-refractivity contribution >= 4 is 39.4 Å². The van der Waals surface area contributed by atoms with E-state index in [4.69, 9.17) is 0 Å². The summed E-state index contributed by atoms with van der Waals surface area (Å²) in [6, 6.07) is 5.75. The smallest absolute Gasteiger partial charge is 0.253 e. The number of carbonyl (C=O) groups excluding carboxylic acids is 2. The highest BCUT2D eigenvalue weighted by molar-refractivity contribution is 7.14. The highest BCUT2D eigenvalue weighted by Crippen LogP contribution is 2.26. The Hall–Kier alpha value is -3.78. The van der Waals surface area contributed by atoms with E-state index >= 15 is 0 Å². The van der Waals surface area contributed by atoms with Crippen LogP contribution in [0.1, 0.15) is 39.9 Å². The van der Waals surface area contributed by atoms with E-state index in [2.05, 4.69) is 27.2 Å². The van der Waals surface area contributed by atoms with Gasteiger partial charge in [0.25, 0.3) is 5.91 Å². The van der Waals surface area contributed by atoms with Crippen LogP contribution in [-0.2, 0) is 11.8 Å². The van der Waals surface area contributed by atoms with Crippen molar-refractivity contribution in [2.45, 2.75) is 20.8 Å². The average molecular weight is 462 g/mol. The van der Waals surface area contributed by atoms with Crippen LogP contribution in [0.25, 0.3) is 11.1 Å². The molecule has 0 aromatic carbocycles. The van der Waals surface area contributed by atoms with E-state index in [0.717, 1.165) is 28.1 Å². The molecular formula is C25H27N5O2S. The fourth-order valence-corrected chi connectivity index (χ4v) is 3.89. The van der Waals surface area contributed by atoms with Gasteiger partial charge in [-0.15, -0.1) is 11.3 Å². The van der Waals surface area contributed by atoms with Gasteiger partial charge in [0.05, 0.1) is 17.8 Å². The van der Waals surface area contributed by atoms with Gasteiger partial charge in [-0.1, -0.05) is 18.7 Å². The number of aryl methyl sites for hydroxylation is 3. The molecule has 2 N–H and O–H groups in total. The van der Waals surface area contributed by atoms with Gasteiger partial charge in [-0.05, 0) is 56.2 Å². The zero-order valence-electron chi connectivity index (χ0n) is 19.2. The molecule has 3 aromatic heterocycles. The summed E-state index contributed by atoms with van der Waals surface area (Å²) in [5.41, 5.74) is 6.04. The van der Waals surface area contributed by atoms with Crippen LogP contribution in [-0.4, -0.2) is 32.9 Å². The Balaban J connectivity index is 1.65. The van der Waals surface area contributed by atoms with Crippen LogP contribution in [0.4, 0.5) is 5.13 Å². The third kappa shape index (κ3) is 6.14. The number of nitrogens with one attached hydrogen (secondary N) is 2. The molecule has 33 heavy (non-hydrogen) atoms. The first-order chi connectivity index (χ1) is 15.8. The number of allylic oxidation sites excluding steroid dienone is 5. The number of aromatic nitrogens is 3. The standard InChI is InChI=1S/C25H27N5O2S/c1-6-18(20-8-9-26-16(3)10-20)12-19(7-2)22-15-33-25(28-22)29-23(31)13-27-24(32)21-11-17(4)30(5)14-21/h6-12,14-15H,2,13H2,1,3-5H3,(H,27,32)(H,28,29,31)/b18-6+,19-12+. The zero-order chi connectivity index (χ0) is 24.0. The first kappa shape index (κ1) is 23.9. The highest BCUT2D eigenvalue weighted by Gasteiger charge is 2.13. The molecule has 0 spiro atoms. The first-order valence-corrected chi connectivity index (χ1v) is 11.3. The molecule has 0 saturated heterocycles. The van der Waals surface area contributed by atoms with Crippen molar-refractivity contribution in [3.8, 4) is 0 Å². The average Bonchev–Trinajstić information content (AvgIpc) is 3.39. The monoisotopic (exact) mass is 461 g/mol. The molecule has 0 bridgehead atoms. The summed E-state index contributed by atoms with van der Waals surface area (Å²) in [5.74, 6) is -0.641. The van der Waals surface area contributed by atoms with Crippen LogP contribution >= 0.6 is 11.3 Å². The number of anilines is 1. The minimum atomic E-state index is -0.345. The molecule has 3 aromatic rings. The highest BCUT2D eigenvalue weighted by atomic mass is 32.1. The quantitative estimate of drug-likeness (QED) is 0.482.